The van der Waals surface area contributed by atoms with Crippen molar-refractivity contribution in [1.29, 1.82) is 0 Å². The van der Waals surface area contributed by atoms with Gasteiger partial charge in [0.05, 0.1) is 16.9 Å². The standard InChI is InChI=1S/C16H10Cl3N3S/c17-12-4-1-10(2-5-12)15-9-23-16(21-15)22-20-8-11-3-6-13(18)7-14(11)19/h1-9H,(H,21,22). The summed E-state index contributed by atoms with van der Waals surface area (Å²) in [6.07, 6.45) is 1.63. The van der Waals surface area contributed by atoms with E-state index in [4.69, 9.17) is 34.8 Å². The number of nitrogens with zero attached hydrogens (tertiary/aromatic N) is 2. The molecule has 0 radical (unpaired) electrons. The molecule has 3 nitrogen and oxygen atoms in total. The molecular formula is C16H10Cl3N3S. The lowest BCUT2D eigenvalue weighted by molar-refractivity contribution is 1.29. The Morgan fingerprint density at radius 3 is 2.48 bits per heavy atom. The highest BCUT2D eigenvalue weighted by Crippen LogP contribution is 2.26. The number of halogens is 3. The number of anilines is 1. The fourth-order valence-corrected chi connectivity index (χ4v) is 3.09. The summed E-state index contributed by atoms with van der Waals surface area (Å²) in [5.41, 5.74) is 5.54. The van der Waals surface area contributed by atoms with Gasteiger partial charge >= 0.3 is 0 Å². The summed E-state index contributed by atoms with van der Waals surface area (Å²) < 4.78 is 0. The van der Waals surface area contributed by atoms with E-state index in [-0.39, 0.29) is 0 Å². The van der Waals surface area contributed by atoms with Gasteiger partial charge in [0.2, 0.25) is 5.13 Å². The van der Waals surface area contributed by atoms with Gasteiger partial charge in [-0.2, -0.15) is 5.10 Å². The molecule has 0 aliphatic heterocycles. The molecule has 1 N–H and O–H groups in total. The van der Waals surface area contributed by atoms with Gasteiger partial charge in [-0.15, -0.1) is 11.3 Å². The molecule has 116 valence electrons. The maximum atomic E-state index is 6.08. The Kier molecular flexibility index (Phi) is 5.18. The number of rotatable bonds is 4. The predicted molar refractivity (Wildman–Crippen MR) is 100 cm³/mol. The molecule has 0 unspecified atom stereocenters. The Morgan fingerprint density at radius 2 is 1.74 bits per heavy atom. The second-order valence-electron chi connectivity index (χ2n) is 4.58. The first-order chi connectivity index (χ1) is 11.1. The Morgan fingerprint density at radius 1 is 1.00 bits per heavy atom. The molecule has 0 atom stereocenters. The summed E-state index contributed by atoms with van der Waals surface area (Å²) in [7, 11) is 0. The molecule has 0 bridgehead atoms. The molecule has 23 heavy (non-hydrogen) atoms. The van der Waals surface area contributed by atoms with Gasteiger partial charge in [-0.1, -0.05) is 53.0 Å². The van der Waals surface area contributed by atoms with Crippen molar-refractivity contribution in [3.63, 3.8) is 0 Å². The highest BCUT2D eigenvalue weighted by molar-refractivity contribution is 7.14. The topological polar surface area (TPSA) is 37.3 Å². The van der Waals surface area contributed by atoms with Gasteiger partial charge < -0.3 is 0 Å². The first-order valence-corrected chi connectivity index (χ1v) is 8.59. The number of aromatic nitrogens is 1. The molecule has 1 heterocycles. The Bertz CT molecular complexity index is 844. The molecule has 0 spiro atoms. The SMILES string of the molecule is Clc1ccc(-c2csc(NN=Cc3ccc(Cl)cc3Cl)n2)cc1. The minimum atomic E-state index is 0.545. The lowest BCUT2D eigenvalue weighted by Gasteiger charge is -1.98. The van der Waals surface area contributed by atoms with E-state index in [9.17, 15) is 0 Å². The Hall–Kier alpha value is -1.59. The normalized spacial score (nSPS) is 11.1. The lowest BCUT2D eigenvalue weighted by Crippen LogP contribution is -1.91. The highest BCUT2D eigenvalue weighted by Gasteiger charge is 2.04. The van der Waals surface area contributed by atoms with Gasteiger partial charge in [-0.25, -0.2) is 4.98 Å². The van der Waals surface area contributed by atoms with Crippen molar-refractivity contribution in [3.05, 3.63) is 68.5 Å². The molecule has 0 saturated heterocycles. The summed E-state index contributed by atoms with van der Waals surface area (Å²) in [4.78, 5) is 4.47. The molecule has 1 aromatic heterocycles. The van der Waals surface area contributed by atoms with Crippen LogP contribution in [0.1, 0.15) is 5.56 Å². The van der Waals surface area contributed by atoms with E-state index in [2.05, 4.69) is 15.5 Å². The van der Waals surface area contributed by atoms with E-state index in [1.807, 2.05) is 29.6 Å². The minimum Gasteiger partial charge on any atom is -0.253 e. The predicted octanol–water partition coefficient (Wildman–Crippen LogP) is 6.22. The molecule has 3 rings (SSSR count). The van der Waals surface area contributed by atoms with E-state index in [0.717, 1.165) is 16.8 Å². The molecule has 2 aromatic carbocycles. The zero-order valence-electron chi connectivity index (χ0n) is 11.6. The van der Waals surface area contributed by atoms with Crippen molar-refractivity contribution in [2.24, 2.45) is 5.10 Å². The van der Waals surface area contributed by atoms with Crippen molar-refractivity contribution in [3.8, 4) is 11.3 Å². The summed E-state index contributed by atoms with van der Waals surface area (Å²) in [6.45, 7) is 0. The van der Waals surface area contributed by atoms with Gasteiger partial charge in [0, 0.05) is 26.6 Å². The minimum absolute atomic E-state index is 0.545. The molecule has 0 fully saturated rings. The molecule has 0 amide bonds. The number of benzene rings is 2. The fourth-order valence-electron chi connectivity index (χ4n) is 1.84. The van der Waals surface area contributed by atoms with Crippen molar-refractivity contribution in [2.45, 2.75) is 0 Å². The van der Waals surface area contributed by atoms with Gasteiger partial charge in [0.25, 0.3) is 0 Å². The summed E-state index contributed by atoms with van der Waals surface area (Å²) in [5.74, 6) is 0. The van der Waals surface area contributed by atoms with Crippen molar-refractivity contribution >= 4 is 57.5 Å². The van der Waals surface area contributed by atoms with Crippen LogP contribution in [0.15, 0.2) is 52.9 Å². The van der Waals surface area contributed by atoms with Crippen molar-refractivity contribution < 1.29 is 0 Å². The van der Waals surface area contributed by atoms with Crippen LogP contribution in [-0.2, 0) is 0 Å². The number of thiazole rings is 1. The van der Waals surface area contributed by atoms with E-state index < -0.39 is 0 Å². The Balaban J connectivity index is 1.69. The van der Waals surface area contributed by atoms with Crippen LogP contribution in [0.25, 0.3) is 11.3 Å². The zero-order valence-corrected chi connectivity index (χ0v) is 14.7. The average molecular weight is 383 g/mol. The quantitative estimate of drug-likeness (QED) is 0.430. The zero-order chi connectivity index (χ0) is 16.2. The van der Waals surface area contributed by atoms with Gasteiger partial charge in [0.15, 0.2) is 0 Å². The van der Waals surface area contributed by atoms with Crippen LogP contribution in [0.3, 0.4) is 0 Å². The van der Waals surface area contributed by atoms with Crippen LogP contribution in [0.4, 0.5) is 5.13 Å². The van der Waals surface area contributed by atoms with Crippen LogP contribution in [0.2, 0.25) is 15.1 Å². The van der Waals surface area contributed by atoms with Crippen LogP contribution in [-0.4, -0.2) is 11.2 Å². The highest BCUT2D eigenvalue weighted by atomic mass is 35.5. The van der Waals surface area contributed by atoms with Crippen LogP contribution in [0, 0.1) is 0 Å². The van der Waals surface area contributed by atoms with Gasteiger partial charge in [-0.05, 0) is 24.3 Å². The van der Waals surface area contributed by atoms with E-state index in [1.54, 1.807) is 24.4 Å². The van der Waals surface area contributed by atoms with Crippen LogP contribution in [0.5, 0.6) is 0 Å². The molecule has 3 aromatic rings. The maximum Gasteiger partial charge on any atom is 0.203 e. The number of hydrogen-bond donors (Lipinski definition) is 1. The second-order valence-corrected chi connectivity index (χ2v) is 6.72. The maximum absolute atomic E-state index is 6.08. The smallest absolute Gasteiger partial charge is 0.203 e. The third-order valence-electron chi connectivity index (χ3n) is 2.97. The molecule has 7 heteroatoms. The summed E-state index contributed by atoms with van der Waals surface area (Å²) in [5, 5.41) is 8.63. The van der Waals surface area contributed by atoms with E-state index in [1.165, 1.54) is 11.3 Å². The summed E-state index contributed by atoms with van der Waals surface area (Å²) >= 11 is 19.3. The largest absolute Gasteiger partial charge is 0.253 e. The van der Waals surface area contributed by atoms with Crippen molar-refractivity contribution in [2.75, 3.05) is 5.43 Å². The first kappa shape index (κ1) is 16.3. The number of hydrogen-bond acceptors (Lipinski definition) is 4. The van der Waals surface area contributed by atoms with Gasteiger partial charge in [0.1, 0.15) is 0 Å². The molecule has 0 aliphatic carbocycles. The lowest BCUT2D eigenvalue weighted by atomic mass is 10.2. The molecule has 0 saturated carbocycles. The molecular weight excluding hydrogens is 373 g/mol. The monoisotopic (exact) mass is 381 g/mol. The first-order valence-electron chi connectivity index (χ1n) is 6.57. The van der Waals surface area contributed by atoms with Crippen LogP contribution >= 0.6 is 46.1 Å². The van der Waals surface area contributed by atoms with E-state index in [0.29, 0.717) is 20.2 Å². The van der Waals surface area contributed by atoms with Crippen LogP contribution < -0.4 is 5.43 Å². The second kappa shape index (κ2) is 7.32. The van der Waals surface area contributed by atoms with E-state index >= 15 is 0 Å². The number of nitrogens with one attached hydrogen (secondary N) is 1. The third-order valence-corrected chi connectivity index (χ3v) is 4.53. The third kappa shape index (κ3) is 4.24. The van der Waals surface area contributed by atoms with Gasteiger partial charge in [-0.3, -0.25) is 5.43 Å². The number of hydrazone groups is 1. The molecule has 0 aliphatic rings. The average Bonchev–Trinajstić information content (AvgIpc) is 2.99. The fraction of sp³-hybridized carbons (Fsp3) is 0. The van der Waals surface area contributed by atoms with Crippen molar-refractivity contribution in [1.82, 2.24) is 4.98 Å². The Labute approximate surface area is 152 Å². The summed E-state index contributed by atoms with van der Waals surface area (Å²) in [6, 6.07) is 12.8.